The van der Waals surface area contributed by atoms with Gasteiger partial charge in [0.05, 0.1) is 0 Å². The first-order chi connectivity index (χ1) is 8.09. The largest absolute Gasteiger partial charge is 0.382 e. The highest BCUT2D eigenvalue weighted by atomic mass is 15.2. The molecule has 92 valence electrons. The minimum absolute atomic E-state index is 0.0129. The van der Waals surface area contributed by atoms with Gasteiger partial charge >= 0.3 is 0 Å². The molecule has 1 fully saturated rings. The van der Waals surface area contributed by atoms with Crippen molar-refractivity contribution in [3.8, 4) is 0 Å². The molecule has 17 heavy (non-hydrogen) atoms. The van der Waals surface area contributed by atoms with Crippen molar-refractivity contribution >= 4 is 11.7 Å². The molecule has 2 heterocycles. The van der Waals surface area contributed by atoms with Gasteiger partial charge in [0.1, 0.15) is 11.5 Å². The lowest BCUT2D eigenvalue weighted by molar-refractivity contribution is 0.422. The van der Waals surface area contributed by atoms with Crippen LogP contribution >= 0.6 is 0 Å². The molecule has 0 aromatic carbocycles. The zero-order valence-corrected chi connectivity index (χ0v) is 10.3. The molecule has 1 aromatic heterocycles. The Morgan fingerprint density at radius 1 is 1.47 bits per heavy atom. The van der Waals surface area contributed by atoms with Crippen molar-refractivity contribution in [1.82, 2.24) is 9.97 Å². The van der Waals surface area contributed by atoms with Gasteiger partial charge in [-0.25, -0.2) is 9.97 Å². The van der Waals surface area contributed by atoms with Crippen molar-refractivity contribution in [2.24, 2.45) is 17.6 Å². The molecule has 0 aliphatic carbocycles. The third-order valence-corrected chi connectivity index (χ3v) is 3.40. The molecule has 1 aromatic rings. The summed E-state index contributed by atoms with van der Waals surface area (Å²) in [5, 5.41) is 7.52. The lowest BCUT2D eigenvalue weighted by Crippen LogP contribution is -2.26. The fourth-order valence-corrected chi connectivity index (χ4v) is 2.28. The topological polar surface area (TPSA) is 78.9 Å². The quantitative estimate of drug-likeness (QED) is 0.608. The molecule has 0 spiro atoms. The molecule has 5 nitrogen and oxygen atoms in total. The number of hydrogen-bond donors (Lipinski definition) is 2. The molecule has 0 saturated carbocycles. The van der Waals surface area contributed by atoms with Crippen molar-refractivity contribution in [2.45, 2.75) is 20.3 Å². The van der Waals surface area contributed by atoms with Gasteiger partial charge in [0.15, 0.2) is 5.82 Å². The molecular formula is C12H19N5. The SMILES string of the molecule is CC(C)C1CCN(c2nccnc2C(=N)N)C1. The van der Waals surface area contributed by atoms with Gasteiger partial charge in [0.25, 0.3) is 0 Å². The molecule has 3 N–H and O–H groups in total. The van der Waals surface area contributed by atoms with Crippen LogP contribution in [0.2, 0.25) is 0 Å². The molecule has 1 saturated heterocycles. The van der Waals surface area contributed by atoms with Crippen LogP contribution in [0.5, 0.6) is 0 Å². The first-order valence-corrected chi connectivity index (χ1v) is 6.00. The van der Waals surface area contributed by atoms with Crippen LogP contribution in [0.3, 0.4) is 0 Å². The van der Waals surface area contributed by atoms with E-state index in [9.17, 15) is 0 Å². The van der Waals surface area contributed by atoms with Crippen molar-refractivity contribution in [2.75, 3.05) is 18.0 Å². The number of nitrogens with one attached hydrogen (secondary N) is 1. The Kier molecular flexibility index (Phi) is 3.26. The second-order valence-corrected chi connectivity index (χ2v) is 4.88. The predicted octanol–water partition coefficient (Wildman–Crippen LogP) is 1.24. The van der Waals surface area contributed by atoms with Crippen LogP contribution in [0, 0.1) is 17.2 Å². The maximum atomic E-state index is 7.52. The summed E-state index contributed by atoms with van der Waals surface area (Å²) < 4.78 is 0. The summed E-state index contributed by atoms with van der Waals surface area (Å²) in [5.41, 5.74) is 6.03. The van der Waals surface area contributed by atoms with E-state index >= 15 is 0 Å². The van der Waals surface area contributed by atoms with Crippen molar-refractivity contribution in [3.63, 3.8) is 0 Å². The standard InChI is InChI=1S/C12H19N5/c1-8(2)9-3-6-17(7-9)12-10(11(13)14)15-4-5-16-12/h4-5,8-9H,3,6-7H2,1-2H3,(H3,13,14). The summed E-state index contributed by atoms with van der Waals surface area (Å²) >= 11 is 0. The van der Waals surface area contributed by atoms with Gasteiger partial charge < -0.3 is 10.6 Å². The fourth-order valence-electron chi connectivity index (χ4n) is 2.28. The Balaban J connectivity index is 2.21. The number of nitrogens with two attached hydrogens (primary N) is 1. The minimum Gasteiger partial charge on any atom is -0.382 e. The lowest BCUT2D eigenvalue weighted by atomic mass is 9.95. The van der Waals surface area contributed by atoms with Gasteiger partial charge in [-0.3, -0.25) is 5.41 Å². The molecule has 0 amide bonds. The number of aromatic nitrogens is 2. The van der Waals surface area contributed by atoms with Gasteiger partial charge in [-0.05, 0) is 18.3 Å². The smallest absolute Gasteiger partial charge is 0.158 e. The average Bonchev–Trinajstić information content (AvgIpc) is 2.78. The van der Waals surface area contributed by atoms with Crippen molar-refractivity contribution in [3.05, 3.63) is 18.1 Å². The van der Waals surface area contributed by atoms with Crippen LogP contribution in [0.15, 0.2) is 12.4 Å². The maximum absolute atomic E-state index is 7.52. The van der Waals surface area contributed by atoms with E-state index in [4.69, 9.17) is 11.1 Å². The van der Waals surface area contributed by atoms with Gasteiger partial charge in [-0.2, -0.15) is 0 Å². The molecule has 1 unspecified atom stereocenters. The summed E-state index contributed by atoms with van der Waals surface area (Å²) in [4.78, 5) is 10.6. The number of anilines is 1. The summed E-state index contributed by atoms with van der Waals surface area (Å²) in [6.07, 6.45) is 4.41. The van der Waals surface area contributed by atoms with E-state index in [2.05, 4.69) is 28.7 Å². The first-order valence-electron chi connectivity index (χ1n) is 6.00. The van der Waals surface area contributed by atoms with Crippen LogP contribution in [0.25, 0.3) is 0 Å². The number of rotatable bonds is 3. The molecule has 5 heteroatoms. The first kappa shape index (κ1) is 11.8. The van der Waals surface area contributed by atoms with Crippen LogP contribution < -0.4 is 10.6 Å². The van der Waals surface area contributed by atoms with Gasteiger partial charge in [-0.15, -0.1) is 0 Å². The van der Waals surface area contributed by atoms with Gasteiger partial charge in [0.2, 0.25) is 0 Å². The van der Waals surface area contributed by atoms with Crippen LogP contribution in [0.4, 0.5) is 5.82 Å². The summed E-state index contributed by atoms with van der Waals surface area (Å²) in [5.74, 6) is 2.11. The summed E-state index contributed by atoms with van der Waals surface area (Å²) in [7, 11) is 0. The zero-order chi connectivity index (χ0) is 12.4. The third kappa shape index (κ3) is 2.38. The van der Waals surface area contributed by atoms with Gasteiger partial charge in [0, 0.05) is 25.5 Å². The summed E-state index contributed by atoms with van der Waals surface area (Å²) in [6, 6.07) is 0. The molecule has 1 atom stereocenters. The van der Waals surface area contributed by atoms with Crippen LogP contribution in [0.1, 0.15) is 26.0 Å². The number of amidine groups is 1. The third-order valence-electron chi connectivity index (χ3n) is 3.40. The van der Waals surface area contributed by atoms with E-state index in [1.165, 1.54) is 6.42 Å². The molecule has 2 rings (SSSR count). The monoisotopic (exact) mass is 233 g/mol. The number of hydrogen-bond acceptors (Lipinski definition) is 4. The van der Waals surface area contributed by atoms with E-state index in [-0.39, 0.29) is 5.84 Å². The summed E-state index contributed by atoms with van der Waals surface area (Å²) in [6.45, 7) is 6.45. The predicted molar refractivity (Wildman–Crippen MR) is 68.2 cm³/mol. The van der Waals surface area contributed by atoms with Gasteiger partial charge in [-0.1, -0.05) is 13.8 Å². The fraction of sp³-hybridized carbons (Fsp3) is 0.583. The second-order valence-electron chi connectivity index (χ2n) is 4.88. The Morgan fingerprint density at radius 2 is 2.18 bits per heavy atom. The molecule has 0 radical (unpaired) electrons. The van der Waals surface area contributed by atoms with Crippen LogP contribution in [-0.4, -0.2) is 28.9 Å². The van der Waals surface area contributed by atoms with Crippen LogP contribution in [-0.2, 0) is 0 Å². The van der Waals surface area contributed by atoms with Crippen molar-refractivity contribution in [1.29, 1.82) is 5.41 Å². The Labute approximate surface area is 102 Å². The number of nitrogens with zero attached hydrogens (tertiary/aromatic N) is 3. The maximum Gasteiger partial charge on any atom is 0.158 e. The highest BCUT2D eigenvalue weighted by Gasteiger charge is 2.27. The lowest BCUT2D eigenvalue weighted by Gasteiger charge is -2.20. The Hall–Kier alpha value is -1.65. The number of nitrogen functional groups attached to an aromatic ring is 1. The molecular weight excluding hydrogens is 214 g/mol. The van der Waals surface area contributed by atoms with E-state index < -0.39 is 0 Å². The van der Waals surface area contributed by atoms with Crippen molar-refractivity contribution < 1.29 is 0 Å². The average molecular weight is 233 g/mol. The normalized spacial score (nSPS) is 19.9. The zero-order valence-electron chi connectivity index (χ0n) is 10.3. The van der Waals surface area contributed by atoms with E-state index in [0.717, 1.165) is 18.9 Å². The highest BCUT2D eigenvalue weighted by molar-refractivity contribution is 5.97. The van der Waals surface area contributed by atoms with E-state index in [1.807, 2.05) is 0 Å². The minimum atomic E-state index is -0.0129. The molecule has 0 bridgehead atoms. The molecule has 1 aliphatic heterocycles. The van der Waals surface area contributed by atoms with E-state index in [0.29, 0.717) is 17.5 Å². The Morgan fingerprint density at radius 3 is 2.76 bits per heavy atom. The Bertz CT molecular complexity index is 415. The van der Waals surface area contributed by atoms with E-state index in [1.54, 1.807) is 12.4 Å². The second kappa shape index (κ2) is 4.69. The molecule has 1 aliphatic rings. The highest BCUT2D eigenvalue weighted by Crippen LogP contribution is 2.28.